The molecule has 0 saturated heterocycles. The van der Waals surface area contributed by atoms with Gasteiger partial charge in [0.1, 0.15) is 0 Å². The monoisotopic (exact) mass is 136 g/mol. The van der Waals surface area contributed by atoms with E-state index in [0.717, 1.165) is 5.70 Å². The van der Waals surface area contributed by atoms with Gasteiger partial charge in [0.05, 0.1) is 5.70 Å². The number of rotatable bonds is 3. The molecule has 0 aromatic carbocycles. The Morgan fingerprint density at radius 3 is 2.70 bits per heavy atom. The largest absolute Gasteiger partial charge is 0.405 e. The van der Waals surface area contributed by atoms with Gasteiger partial charge in [0.25, 0.3) is 0 Å². The third kappa shape index (κ3) is 3.66. The first-order valence-corrected chi connectivity index (χ1v) is 3.03. The van der Waals surface area contributed by atoms with E-state index in [1.807, 2.05) is 19.1 Å². The summed E-state index contributed by atoms with van der Waals surface area (Å²) in [6.07, 6.45) is 8.70. The molecule has 0 unspecified atom stereocenters. The van der Waals surface area contributed by atoms with Gasteiger partial charge < -0.3 is 5.73 Å². The molecule has 54 valence electrons. The first kappa shape index (κ1) is 8.69. The fraction of sp³-hybridized carbons (Fsp3) is 0.125. The zero-order valence-electron chi connectivity index (χ0n) is 6.12. The predicted octanol–water partition coefficient (Wildman–Crippen LogP) is 1.62. The summed E-state index contributed by atoms with van der Waals surface area (Å²) in [6.45, 7) is 5.31. The Labute approximate surface area is 61.5 Å². The van der Waals surface area contributed by atoms with Crippen molar-refractivity contribution in [1.82, 2.24) is 0 Å². The minimum atomic E-state index is 0.809. The first-order chi connectivity index (χ1) is 4.85. The Balaban J connectivity index is 4.17. The van der Waals surface area contributed by atoms with Crippen LogP contribution in [0.4, 0.5) is 0 Å². The Hall–Kier alpha value is -1.31. The Morgan fingerprint density at radius 1 is 1.60 bits per heavy atom. The van der Waals surface area contributed by atoms with Crippen LogP contribution < -0.4 is 5.73 Å². The van der Waals surface area contributed by atoms with Gasteiger partial charge in [-0.3, -0.25) is 4.99 Å². The quantitative estimate of drug-likeness (QED) is 0.464. The third-order valence-corrected chi connectivity index (χ3v) is 0.898. The Morgan fingerprint density at radius 2 is 2.30 bits per heavy atom. The molecule has 0 saturated carbocycles. The summed E-state index contributed by atoms with van der Waals surface area (Å²) in [4.78, 5) is 3.73. The van der Waals surface area contributed by atoms with Gasteiger partial charge >= 0.3 is 0 Å². The number of hydrogen-bond acceptors (Lipinski definition) is 2. The zero-order valence-corrected chi connectivity index (χ0v) is 6.12. The normalized spacial score (nSPS) is 13.1. The number of allylic oxidation sites excluding steroid dienone is 4. The van der Waals surface area contributed by atoms with E-state index in [1.165, 1.54) is 6.20 Å². The summed E-state index contributed by atoms with van der Waals surface area (Å²) in [6, 6.07) is 0. The topological polar surface area (TPSA) is 38.4 Å². The highest BCUT2D eigenvalue weighted by molar-refractivity contribution is 5.34. The lowest BCUT2D eigenvalue weighted by Crippen LogP contribution is -1.74. The van der Waals surface area contributed by atoms with E-state index in [-0.39, 0.29) is 0 Å². The highest BCUT2D eigenvalue weighted by atomic mass is 14.7. The van der Waals surface area contributed by atoms with Gasteiger partial charge in [-0.25, -0.2) is 0 Å². The van der Waals surface area contributed by atoms with Crippen molar-refractivity contribution in [2.75, 3.05) is 0 Å². The van der Waals surface area contributed by atoms with Crippen LogP contribution in [-0.2, 0) is 0 Å². The second-order valence-electron chi connectivity index (χ2n) is 1.63. The van der Waals surface area contributed by atoms with Crippen molar-refractivity contribution in [2.45, 2.75) is 6.92 Å². The van der Waals surface area contributed by atoms with E-state index < -0.39 is 0 Å². The van der Waals surface area contributed by atoms with Gasteiger partial charge in [-0.1, -0.05) is 6.08 Å². The summed E-state index contributed by atoms with van der Waals surface area (Å²) >= 11 is 0. The molecule has 0 heterocycles. The average molecular weight is 136 g/mol. The summed E-state index contributed by atoms with van der Waals surface area (Å²) < 4.78 is 0. The van der Waals surface area contributed by atoms with Crippen LogP contribution in [0.3, 0.4) is 0 Å². The second-order valence-corrected chi connectivity index (χ2v) is 1.63. The van der Waals surface area contributed by atoms with Gasteiger partial charge in [0, 0.05) is 0 Å². The van der Waals surface area contributed by atoms with Crippen LogP contribution in [0.2, 0.25) is 0 Å². The molecule has 0 bridgehead atoms. The SMILES string of the molecule is C=NC(/C=C\C)=C\C=C/N. The molecule has 0 amide bonds. The van der Waals surface area contributed by atoms with Crippen LogP contribution in [-0.4, -0.2) is 6.72 Å². The molecule has 0 aromatic rings. The van der Waals surface area contributed by atoms with Crippen LogP contribution in [0.25, 0.3) is 0 Å². The van der Waals surface area contributed by atoms with Crippen LogP contribution in [0.5, 0.6) is 0 Å². The molecule has 0 atom stereocenters. The van der Waals surface area contributed by atoms with E-state index in [4.69, 9.17) is 5.73 Å². The van der Waals surface area contributed by atoms with Gasteiger partial charge in [-0.15, -0.1) is 0 Å². The molecule has 0 aromatic heterocycles. The predicted molar refractivity (Wildman–Crippen MR) is 45.8 cm³/mol. The molecule has 2 nitrogen and oxygen atoms in total. The van der Waals surface area contributed by atoms with E-state index >= 15 is 0 Å². The third-order valence-electron chi connectivity index (χ3n) is 0.898. The van der Waals surface area contributed by atoms with Gasteiger partial charge in [-0.2, -0.15) is 0 Å². The highest BCUT2D eigenvalue weighted by Crippen LogP contribution is 1.96. The van der Waals surface area contributed by atoms with Crippen LogP contribution >= 0.6 is 0 Å². The van der Waals surface area contributed by atoms with Crippen LogP contribution in [0.15, 0.2) is 41.2 Å². The number of hydrogen-bond donors (Lipinski definition) is 1. The van der Waals surface area contributed by atoms with E-state index in [0.29, 0.717) is 0 Å². The van der Waals surface area contributed by atoms with Gasteiger partial charge in [-0.05, 0) is 38.1 Å². The van der Waals surface area contributed by atoms with Gasteiger partial charge in [0.15, 0.2) is 0 Å². The molecule has 2 heteroatoms. The average Bonchev–Trinajstić information content (AvgIpc) is 1.98. The van der Waals surface area contributed by atoms with Crippen molar-refractivity contribution in [3.63, 3.8) is 0 Å². The van der Waals surface area contributed by atoms with Crippen LogP contribution in [0.1, 0.15) is 6.92 Å². The molecule has 0 radical (unpaired) electrons. The maximum Gasteiger partial charge on any atom is 0.0619 e. The van der Waals surface area contributed by atoms with Crippen molar-refractivity contribution in [2.24, 2.45) is 10.7 Å². The molecule has 0 rings (SSSR count). The molecular weight excluding hydrogens is 124 g/mol. The molecule has 0 aliphatic carbocycles. The minimum absolute atomic E-state index is 0.809. The van der Waals surface area contributed by atoms with E-state index in [2.05, 4.69) is 11.7 Å². The first-order valence-electron chi connectivity index (χ1n) is 3.03. The molecular formula is C8H12N2. The zero-order chi connectivity index (χ0) is 7.82. The summed E-state index contributed by atoms with van der Waals surface area (Å²) in [5.74, 6) is 0. The minimum Gasteiger partial charge on any atom is -0.405 e. The lowest BCUT2D eigenvalue weighted by atomic mass is 10.3. The van der Waals surface area contributed by atoms with E-state index in [9.17, 15) is 0 Å². The number of aliphatic imine (C=N–C) groups is 1. The molecule has 2 N–H and O–H groups in total. The maximum absolute atomic E-state index is 5.12. The highest BCUT2D eigenvalue weighted by Gasteiger charge is 1.78. The molecule has 10 heavy (non-hydrogen) atoms. The fourth-order valence-corrected chi connectivity index (χ4v) is 0.486. The lowest BCUT2D eigenvalue weighted by Gasteiger charge is -1.86. The molecule has 0 aliphatic heterocycles. The Bertz CT molecular complexity index is 176. The van der Waals surface area contributed by atoms with Crippen molar-refractivity contribution < 1.29 is 0 Å². The van der Waals surface area contributed by atoms with E-state index in [1.54, 1.807) is 12.2 Å². The standard InChI is InChI=1S/C8H12N2/c1-3-5-8(10-2)6-4-7-9/h3-7H,2,9H2,1H3/b5-3-,7-4-,8-6-. The van der Waals surface area contributed by atoms with Crippen molar-refractivity contribution in [3.8, 4) is 0 Å². The smallest absolute Gasteiger partial charge is 0.0619 e. The molecule has 0 fully saturated rings. The molecule has 0 aliphatic rings. The summed E-state index contributed by atoms with van der Waals surface area (Å²) in [7, 11) is 0. The fourth-order valence-electron chi connectivity index (χ4n) is 0.486. The second kappa shape index (κ2) is 5.82. The number of nitrogens with zero attached hydrogens (tertiary/aromatic N) is 1. The molecule has 0 spiro atoms. The van der Waals surface area contributed by atoms with Crippen molar-refractivity contribution >= 4 is 6.72 Å². The number of nitrogens with two attached hydrogens (primary N) is 1. The maximum atomic E-state index is 5.12. The lowest BCUT2D eigenvalue weighted by molar-refractivity contribution is 1.42. The Kier molecular flexibility index (Phi) is 5.06. The summed E-state index contributed by atoms with van der Waals surface area (Å²) in [5.41, 5.74) is 5.93. The van der Waals surface area contributed by atoms with Crippen LogP contribution in [0, 0.1) is 0 Å². The van der Waals surface area contributed by atoms with Crippen molar-refractivity contribution in [3.05, 3.63) is 36.2 Å². The van der Waals surface area contributed by atoms with Crippen molar-refractivity contribution in [1.29, 1.82) is 0 Å². The summed E-state index contributed by atoms with van der Waals surface area (Å²) in [5, 5.41) is 0. The van der Waals surface area contributed by atoms with Gasteiger partial charge in [0.2, 0.25) is 0 Å².